The van der Waals surface area contributed by atoms with E-state index in [1.54, 1.807) is 50.9 Å². The van der Waals surface area contributed by atoms with E-state index in [2.05, 4.69) is 75.7 Å². The molecule has 0 aliphatic heterocycles. The van der Waals surface area contributed by atoms with Crippen molar-refractivity contribution in [2.45, 2.75) is 53.5 Å². The number of amides is 3. The van der Waals surface area contributed by atoms with Gasteiger partial charge in [-0.1, -0.05) is 0 Å². The molecule has 3 amide bonds. The number of carbonyl (C=O) groups excluding carboxylic acids is 3. The number of alkyl halides is 7. The Hall–Kier alpha value is -12.2. The summed E-state index contributed by atoms with van der Waals surface area (Å²) in [6.07, 6.45) is 18.4. The zero-order chi connectivity index (χ0) is 73.7. The van der Waals surface area contributed by atoms with Crippen LogP contribution < -0.4 is 30.2 Å². The van der Waals surface area contributed by atoms with Crippen LogP contribution in [0.2, 0.25) is 0 Å². The van der Waals surface area contributed by atoms with E-state index in [0.717, 1.165) is 64.6 Å². The molecule has 0 radical (unpaired) electrons. The fourth-order valence-electron chi connectivity index (χ4n) is 9.60. The maximum atomic E-state index is 13.8. The van der Waals surface area contributed by atoms with E-state index >= 15 is 0 Å². The van der Waals surface area contributed by atoms with Crippen LogP contribution >= 0.6 is 0 Å². The summed E-state index contributed by atoms with van der Waals surface area (Å²) in [4.78, 5) is 50.4. The van der Waals surface area contributed by atoms with Gasteiger partial charge in [-0.25, -0.2) is 62.4 Å². The van der Waals surface area contributed by atoms with Gasteiger partial charge in [-0.2, -0.15) is 62.2 Å². The smallest absolute Gasteiger partial charge is 0.387 e. The van der Waals surface area contributed by atoms with E-state index < -0.39 is 83.4 Å². The third kappa shape index (κ3) is 15.9. The molecular formula is C60H51F7N20O12S3. The Morgan fingerprint density at radius 1 is 0.539 bits per heavy atom. The molecule has 0 spiro atoms. The van der Waals surface area contributed by atoms with Gasteiger partial charge >= 0.3 is 19.8 Å². The van der Waals surface area contributed by atoms with Gasteiger partial charge in [0, 0.05) is 101 Å². The molecule has 530 valence electrons. The summed E-state index contributed by atoms with van der Waals surface area (Å²) < 4.78 is 189. The van der Waals surface area contributed by atoms with Crippen molar-refractivity contribution in [3.05, 3.63) is 164 Å². The van der Waals surface area contributed by atoms with Gasteiger partial charge in [-0.05, 0) is 79.7 Å². The number of nitrogens with one attached hydrogen (secondary N) is 3. The number of sulfonamides is 1. The highest BCUT2D eigenvalue weighted by atomic mass is 32.2. The molecule has 9 heterocycles. The Balaban J connectivity index is 0.000000165. The second-order valence-corrected chi connectivity index (χ2v) is 27.7. The molecule has 1 unspecified atom stereocenters. The van der Waals surface area contributed by atoms with Gasteiger partial charge in [0.2, 0.25) is 25.4 Å². The molecule has 0 saturated carbocycles. The molecule has 0 aliphatic carbocycles. The second-order valence-electron chi connectivity index (χ2n) is 21.3. The van der Waals surface area contributed by atoms with Crippen LogP contribution in [-0.4, -0.2) is 166 Å². The number of hydrogen-bond donors (Lipinski definition) is 3. The van der Waals surface area contributed by atoms with Crippen LogP contribution in [0.25, 0.3) is 50.7 Å². The molecule has 1 atom stereocenters. The van der Waals surface area contributed by atoms with E-state index in [1.807, 2.05) is 6.07 Å². The first kappa shape index (κ1) is 72.5. The zero-order valence-electron chi connectivity index (χ0n) is 53.2. The highest BCUT2D eigenvalue weighted by Gasteiger charge is 2.30. The lowest BCUT2D eigenvalue weighted by Crippen LogP contribution is -2.22. The Labute approximate surface area is 571 Å². The van der Waals surface area contributed by atoms with E-state index in [4.69, 9.17) is 5.26 Å². The number of sulfone groups is 2. The third-order valence-corrected chi connectivity index (χ3v) is 18.9. The van der Waals surface area contributed by atoms with Gasteiger partial charge in [0.05, 0.1) is 62.6 Å². The number of rotatable bonds is 21. The van der Waals surface area contributed by atoms with Gasteiger partial charge in [0.25, 0.3) is 17.7 Å². The van der Waals surface area contributed by atoms with Crippen molar-refractivity contribution in [2.24, 2.45) is 14.1 Å². The number of nitrogens with zero attached hydrogens (tertiary/aromatic N) is 17. The van der Waals surface area contributed by atoms with Crippen LogP contribution in [0.1, 0.15) is 38.0 Å². The number of carbonyl (C=O) groups is 3. The van der Waals surface area contributed by atoms with Gasteiger partial charge in [-0.15, -0.1) is 0 Å². The number of nitriles is 1. The summed E-state index contributed by atoms with van der Waals surface area (Å²) in [7, 11) is -6.19. The van der Waals surface area contributed by atoms with E-state index in [1.165, 1.54) is 105 Å². The average molecular weight is 1470 g/mol. The molecule has 12 aromatic rings. The lowest BCUT2D eigenvalue weighted by Gasteiger charge is -2.15. The topological polar surface area (TPSA) is 388 Å². The molecule has 9 aromatic heterocycles. The summed E-state index contributed by atoms with van der Waals surface area (Å²) in [6, 6.07) is 16.4. The molecule has 0 saturated heterocycles. The van der Waals surface area contributed by atoms with Crippen LogP contribution in [0.5, 0.6) is 17.2 Å². The van der Waals surface area contributed by atoms with Crippen molar-refractivity contribution < 1.29 is 84.6 Å². The molecule has 0 aliphatic rings. The van der Waals surface area contributed by atoms with Crippen LogP contribution in [0.4, 0.5) is 47.8 Å². The predicted octanol–water partition coefficient (Wildman–Crippen LogP) is 7.68. The number of benzene rings is 3. The van der Waals surface area contributed by atoms with E-state index in [-0.39, 0.29) is 101 Å². The summed E-state index contributed by atoms with van der Waals surface area (Å²) in [6.45, 7) is -9.07. The lowest BCUT2D eigenvalue weighted by atomic mass is 10.1. The predicted molar refractivity (Wildman–Crippen MR) is 345 cm³/mol. The first-order valence-electron chi connectivity index (χ1n) is 28.9. The monoisotopic (exact) mass is 1470 g/mol. The number of halogens is 7. The van der Waals surface area contributed by atoms with Crippen molar-refractivity contribution in [2.75, 3.05) is 36.3 Å². The Kier molecular flexibility index (Phi) is 21.1. The van der Waals surface area contributed by atoms with E-state index in [9.17, 15) is 70.4 Å². The summed E-state index contributed by atoms with van der Waals surface area (Å²) in [5.41, 5.74) is -1.24. The average Bonchev–Trinajstić information content (AvgIpc) is 1.42. The van der Waals surface area contributed by atoms with Crippen LogP contribution in [0, 0.1) is 11.3 Å². The number of fused-ring (bicyclic) bond motifs is 3. The first-order valence-corrected chi connectivity index (χ1v) is 33.8. The maximum absolute atomic E-state index is 13.8. The Morgan fingerprint density at radius 3 is 1.25 bits per heavy atom. The van der Waals surface area contributed by atoms with Gasteiger partial charge in [-0.3, -0.25) is 28.4 Å². The molecule has 3 aromatic carbocycles. The fourth-order valence-corrected chi connectivity index (χ4v) is 12.1. The Bertz CT molecular complexity index is 5580. The first-order chi connectivity index (χ1) is 48.3. The van der Waals surface area contributed by atoms with Gasteiger partial charge in [0.15, 0.2) is 26.8 Å². The maximum Gasteiger partial charge on any atom is 0.387 e. The summed E-state index contributed by atoms with van der Waals surface area (Å²) in [5, 5.41) is 41.7. The van der Waals surface area contributed by atoms with Crippen LogP contribution in [0.3, 0.4) is 0 Å². The number of anilines is 3. The number of aromatic nitrogens is 15. The van der Waals surface area contributed by atoms with Crippen molar-refractivity contribution in [1.29, 1.82) is 5.26 Å². The fraction of sp³-hybridized carbons (Fsp3) is 0.183. The SMILES string of the molecule is CC(F)S(=O)(=O)c1ccc(OC(F)F)c(-c2nn(CC#N)cc2NC(=O)c2cnn3cccnc23)c1.CN(C)S(=O)(=O)c1ccc(OC(F)F)c(-c2nn(C)cc2NC(=O)c2cnn3cccnc23)c1.Cn1cc(NC(=O)c2cnn3cccnc23)c(-c2cc(S(C)(=O)=O)ccc2OC(F)F)n1. The highest BCUT2D eigenvalue weighted by Crippen LogP contribution is 2.41. The van der Waals surface area contributed by atoms with Crippen molar-refractivity contribution in [3.8, 4) is 57.1 Å². The van der Waals surface area contributed by atoms with Crippen LogP contribution in [0.15, 0.2) is 162 Å². The molecule has 12 rings (SSSR count). The number of aryl methyl sites for hydroxylation is 2. The van der Waals surface area contributed by atoms with Crippen molar-refractivity contribution in [3.63, 3.8) is 0 Å². The Morgan fingerprint density at radius 2 is 0.892 bits per heavy atom. The largest absolute Gasteiger partial charge is 0.434 e. The molecular weight excluding hydrogens is 1420 g/mol. The number of ether oxygens (including phenoxy) is 3. The standard InChI is InChI=1S/C21H16F3N7O4S.C20H19F2N7O4S.C19H16F2N6O4S/c1-12(22)36(33,34)13-3-4-17(35-21(23)24)14(9-13)18-16(11-30(29-18)8-5-25)28-20(32)15-10-27-31-7-2-6-26-19(15)31;1-27(2)34(31,32)12-5-6-16(33-20(21)22)13(9-12)17-15(11-28(3)26-17)25-19(30)14-10-24-29-8-4-7-23-18(14)29;1-26-10-14(24-18(28)13-9-23-27-7-3-6-22-17(13)27)16(25-26)12-8-11(32(2,29)30)4-5-15(12)31-19(20)21/h2-4,6-7,9-12,21H,8H2,1H3,(H,28,32);4-11,20H,1-3H3,(H,25,30);3-10,19H,1-2H3,(H,24,28). The van der Waals surface area contributed by atoms with Crippen LogP contribution in [-0.2, 0) is 50.3 Å². The molecule has 42 heteroatoms. The lowest BCUT2D eigenvalue weighted by molar-refractivity contribution is -0.0501. The third-order valence-electron chi connectivity index (χ3n) is 14.2. The van der Waals surface area contributed by atoms with Gasteiger partial charge in [0.1, 0.15) is 57.6 Å². The molecule has 0 fully saturated rings. The number of hydrogen-bond acceptors (Lipinski definition) is 22. The minimum Gasteiger partial charge on any atom is -0.434 e. The van der Waals surface area contributed by atoms with E-state index in [0.29, 0.717) is 11.3 Å². The quantitative estimate of drug-likeness (QED) is 0.0580. The van der Waals surface area contributed by atoms with Crippen molar-refractivity contribution >= 4 is 81.4 Å². The molecule has 32 nitrogen and oxygen atoms in total. The second kappa shape index (κ2) is 29.7. The summed E-state index contributed by atoms with van der Waals surface area (Å²) >= 11 is 0. The minimum atomic E-state index is -4.46. The molecule has 102 heavy (non-hydrogen) atoms. The summed E-state index contributed by atoms with van der Waals surface area (Å²) in [5.74, 6) is -2.91. The minimum absolute atomic E-state index is 0.0258. The highest BCUT2D eigenvalue weighted by molar-refractivity contribution is 7.92. The molecule has 3 N–H and O–H groups in total. The van der Waals surface area contributed by atoms with Crippen molar-refractivity contribution in [1.82, 2.24) is 77.4 Å². The van der Waals surface area contributed by atoms with Gasteiger partial charge < -0.3 is 30.2 Å². The zero-order valence-corrected chi connectivity index (χ0v) is 55.7. The normalized spacial score (nSPS) is 12.1. The molecule has 0 bridgehead atoms.